The lowest BCUT2D eigenvalue weighted by Gasteiger charge is -2.10. The molecular weight excluding hydrogens is 278 g/mol. The Morgan fingerprint density at radius 1 is 1.19 bits per heavy atom. The summed E-state index contributed by atoms with van der Waals surface area (Å²) in [6.07, 6.45) is 4.33. The summed E-state index contributed by atoms with van der Waals surface area (Å²) in [7, 11) is 0. The minimum Gasteiger partial charge on any atom is -0.366 e. The maximum absolute atomic E-state index is 11.8. The molecule has 3 heteroatoms. The molecule has 0 saturated heterocycles. The third-order valence-corrected chi connectivity index (χ3v) is 5.08. The van der Waals surface area contributed by atoms with Crippen LogP contribution in [0.25, 0.3) is 0 Å². The van der Waals surface area contributed by atoms with Crippen molar-refractivity contribution < 1.29 is 4.79 Å². The van der Waals surface area contributed by atoms with Crippen molar-refractivity contribution in [2.45, 2.75) is 32.6 Å². The number of amides is 1. The summed E-state index contributed by atoms with van der Waals surface area (Å²) in [4.78, 5) is 13.9. The van der Waals surface area contributed by atoms with Gasteiger partial charge in [-0.05, 0) is 55.7 Å². The second-order valence-electron chi connectivity index (χ2n) is 5.34. The minimum absolute atomic E-state index is 0.344. The zero-order valence-electron chi connectivity index (χ0n) is 12.0. The molecule has 106 valence electrons. The van der Waals surface area contributed by atoms with Crippen molar-refractivity contribution in [2.24, 2.45) is 5.73 Å². The van der Waals surface area contributed by atoms with E-state index >= 15 is 0 Å². The summed E-state index contributed by atoms with van der Waals surface area (Å²) in [5.41, 5.74) is 9.54. The zero-order chi connectivity index (χ0) is 14.8. The number of primary amides is 1. The van der Waals surface area contributed by atoms with Gasteiger partial charge >= 0.3 is 0 Å². The van der Waals surface area contributed by atoms with Crippen LogP contribution in [0, 0.1) is 18.8 Å². The molecule has 21 heavy (non-hydrogen) atoms. The number of hydrogen-bond acceptors (Lipinski definition) is 2. The number of fused-ring (bicyclic) bond motifs is 1. The van der Waals surface area contributed by atoms with Crippen molar-refractivity contribution >= 4 is 17.2 Å². The Balaban J connectivity index is 2.06. The summed E-state index contributed by atoms with van der Waals surface area (Å²) >= 11 is 1.64. The van der Waals surface area contributed by atoms with E-state index in [1.807, 2.05) is 31.2 Å². The number of carbonyl (C=O) groups is 1. The Hall–Kier alpha value is -2.05. The molecule has 2 nitrogen and oxygen atoms in total. The van der Waals surface area contributed by atoms with E-state index in [0.717, 1.165) is 40.8 Å². The molecule has 2 aromatic rings. The molecule has 0 saturated carbocycles. The van der Waals surface area contributed by atoms with E-state index in [2.05, 4.69) is 11.8 Å². The standard InChI is InChI=1S/C18H17NOS/c1-12-6-2-3-7-13(12)10-11-16-17(18(19)20)14-8-4-5-9-15(14)21-16/h2-3,6-7H,4-5,8-9H2,1H3,(H2,19,20). The fraction of sp³-hybridized carbons (Fsp3) is 0.278. The summed E-state index contributed by atoms with van der Waals surface area (Å²) in [6, 6.07) is 8.02. The van der Waals surface area contributed by atoms with Gasteiger partial charge < -0.3 is 5.73 Å². The van der Waals surface area contributed by atoms with Crippen LogP contribution >= 0.6 is 11.3 Å². The number of nitrogens with two attached hydrogens (primary N) is 1. The Morgan fingerprint density at radius 3 is 2.71 bits per heavy atom. The number of carbonyl (C=O) groups excluding carboxylic acids is 1. The van der Waals surface area contributed by atoms with Gasteiger partial charge in [-0.3, -0.25) is 4.79 Å². The summed E-state index contributed by atoms with van der Waals surface area (Å²) in [5.74, 6) is 6.02. The topological polar surface area (TPSA) is 43.1 Å². The monoisotopic (exact) mass is 295 g/mol. The Kier molecular flexibility index (Phi) is 3.81. The van der Waals surface area contributed by atoms with E-state index in [-0.39, 0.29) is 5.91 Å². The van der Waals surface area contributed by atoms with Gasteiger partial charge in [0.15, 0.2) is 0 Å². The normalized spacial score (nSPS) is 13.2. The molecule has 1 amide bonds. The van der Waals surface area contributed by atoms with Crippen LogP contribution in [-0.2, 0) is 12.8 Å². The van der Waals surface area contributed by atoms with E-state index in [9.17, 15) is 4.79 Å². The quantitative estimate of drug-likeness (QED) is 0.805. The second-order valence-corrected chi connectivity index (χ2v) is 6.45. The second kappa shape index (κ2) is 5.75. The van der Waals surface area contributed by atoms with Crippen molar-refractivity contribution in [1.29, 1.82) is 0 Å². The Labute approximate surface area is 129 Å². The van der Waals surface area contributed by atoms with Gasteiger partial charge in [-0.25, -0.2) is 0 Å². The van der Waals surface area contributed by atoms with Crippen LogP contribution in [0.15, 0.2) is 24.3 Å². The smallest absolute Gasteiger partial charge is 0.251 e. The lowest BCUT2D eigenvalue weighted by molar-refractivity contribution is 0.0999. The number of aryl methyl sites for hydroxylation is 2. The third kappa shape index (κ3) is 2.72. The molecule has 3 rings (SSSR count). The summed E-state index contributed by atoms with van der Waals surface area (Å²) < 4.78 is 0. The average molecular weight is 295 g/mol. The van der Waals surface area contributed by atoms with Gasteiger partial charge in [-0.2, -0.15) is 0 Å². The number of hydrogen-bond donors (Lipinski definition) is 1. The molecule has 1 aliphatic carbocycles. The molecule has 2 N–H and O–H groups in total. The van der Waals surface area contributed by atoms with E-state index in [4.69, 9.17) is 5.73 Å². The Morgan fingerprint density at radius 2 is 1.95 bits per heavy atom. The SMILES string of the molecule is Cc1ccccc1C#Cc1sc2c(c1C(N)=O)CCCC2. The van der Waals surface area contributed by atoms with Gasteiger partial charge in [0.1, 0.15) is 0 Å². The molecule has 0 fully saturated rings. The number of benzene rings is 1. The van der Waals surface area contributed by atoms with E-state index in [1.54, 1.807) is 11.3 Å². The summed E-state index contributed by atoms with van der Waals surface area (Å²) in [6.45, 7) is 2.04. The van der Waals surface area contributed by atoms with E-state index in [1.165, 1.54) is 11.3 Å². The van der Waals surface area contributed by atoms with Crippen molar-refractivity contribution in [3.8, 4) is 11.8 Å². The molecule has 1 heterocycles. The molecule has 0 radical (unpaired) electrons. The van der Waals surface area contributed by atoms with Gasteiger partial charge in [0.2, 0.25) is 0 Å². The molecule has 1 aliphatic rings. The van der Waals surface area contributed by atoms with Crippen LogP contribution in [0.5, 0.6) is 0 Å². The summed E-state index contributed by atoms with van der Waals surface area (Å²) in [5, 5.41) is 0. The van der Waals surface area contributed by atoms with Crippen LogP contribution < -0.4 is 5.73 Å². The predicted octanol–water partition coefficient (Wildman–Crippen LogP) is 3.43. The first kappa shape index (κ1) is 13.9. The first-order chi connectivity index (χ1) is 10.2. The fourth-order valence-corrected chi connectivity index (χ4v) is 4.00. The largest absolute Gasteiger partial charge is 0.366 e. The van der Waals surface area contributed by atoms with Crippen LogP contribution in [-0.4, -0.2) is 5.91 Å². The predicted molar refractivity (Wildman–Crippen MR) is 86.6 cm³/mol. The van der Waals surface area contributed by atoms with Gasteiger partial charge in [-0.15, -0.1) is 11.3 Å². The van der Waals surface area contributed by atoms with E-state index in [0.29, 0.717) is 5.56 Å². The number of thiophene rings is 1. The highest BCUT2D eigenvalue weighted by atomic mass is 32.1. The lowest BCUT2D eigenvalue weighted by Crippen LogP contribution is -2.15. The highest BCUT2D eigenvalue weighted by Gasteiger charge is 2.22. The van der Waals surface area contributed by atoms with Crippen molar-refractivity contribution in [2.75, 3.05) is 0 Å². The average Bonchev–Trinajstić information content (AvgIpc) is 2.85. The first-order valence-electron chi connectivity index (χ1n) is 7.19. The first-order valence-corrected chi connectivity index (χ1v) is 8.00. The third-order valence-electron chi connectivity index (χ3n) is 3.87. The molecule has 0 spiro atoms. The molecule has 0 bridgehead atoms. The fourth-order valence-electron chi connectivity index (χ4n) is 2.75. The van der Waals surface area contributed by atoms with Crippen molar-refractivity contribution in [1.82, 2.24) is 0 Å². The zero-order valence-corrected chi connectivity index (χ0v) is 12.8. The van der Waals surface area contributed by atoms with E-state index < -0.39 is 0 Å². The molecule has 0 aliphatic heterocycles. The molecule has 0 atom stereocenters. The minimum atomic E-state index is -0.344. The Bertz CT molecular complexity index is 761. The van der Waals surface area contributed by atoms with Crippen LogP contribution in [0.3, 0.4) is 0 Å². The molecule has 1 aromatic heterocycles. The lowest BCUT2D eigenvalue weighted by atomic mass is 9.94. The van der Waals surface area contributed by atoms with Gasteiger partial charge in [0.25, 0.3) is 5.91 Å². The maximum Gasteiger partial charge on any atom is 0.251 e. The molecule has 0 unspecified atom stereocenters. The van der Waals surface area contributed by atoms with Gasteiger partial charge in [0, 0.05) is 10.4 Å². The van der Waals surface area contributed by atoms with Gasteiger partial charge in [-0.1, -0.05) is 24.1 Å². The highest BCUT2D eigenvalue weighted by molar-refractivity contribution is 7.13. The van der Waals surface area contributed by atoms with Crippen LogP contribution in [0.1, 0.15) is 49.6 Å². The maximum atomic E-state index is 11.8. The van der Waals surface area contributed by atoms with Crippen molar-refractivity contribution in [3.63, 3.8) is 0 Å². The van der Waals surface area contributed by atoms with Gasteiger partial charge in [0.05, 0.1) is 10.4 Å². The van der Waals surface area contributed by atoms with Crippen LogP contribution in [0.2, 0.25) is 0 Å². The van der Waals surface area contributed by atoms with Crippen LogP contribution in [0.4, 0.5) is 0 Å². The van der Waals surface area contributed by atoms with Crippen molar-refractivity contribution in [3.05, 3.63) is 56.3 Å². The highest BCUT2D eigenvalue weighted by Crippen LogP contribution is 2.33. The number of rotatable bonds is 1. The molecular formula is C18H17NOS. The molecule has 1 aromatic carbocycles.